The lowest BCUT2D eigenvalue weighted by molar-refractivity contribution is -0.0192. The van der Waals surface area contributed by atoms with Crippen LogP contribution in [0.2, 0.25) is 0 Å². The molecule has 0 spiro atoms. The largest absolute Gasteiger partial charge is 0.374 e. The fraction of sp³-hybridized carbons (Fsp3) is 0.636. The number of hydrazine groups is 1. The highest BCUT2D eigenvalue weighted by atomic mass is 19.1. The van der Waals surface area contributed by atoms with Gasteiger partial charge in [0.25, 0.3) is 0 Å². The molecule has 19 heavy (non-hydrogen) atoms. The van der Waals surface area contributed by atoms with Crippen molar-refractivity contribution in [3.8, 4) is 0 Å². The molecule has 0 radical (unpaired) electrons. The Hall–Kier alpha value is -1.51. The number of aromatic nitrogens is 2. The number of hydrogen-bond donors (Lipinski definition) is 3. The summed E-state index contributed by atoms with van der Waals surface area (Å²) in [5.41, 5.74) is 2.28. The highest BCUT2D eigenvalue weighted by molar-refractivity contribution is 5.40. The number of nitrogens with one attached hydrogen (secondary N) is 2. The molecule has 8 heteroatoms. The molecule has 2 rings (SSSR count). The van der Waals surface area contributed by atoms with E-state index in [0.29, 0.717) is 13.2 Å². The molecule has 1 unspecified atom stereocenters. The molecule has 0 saturated carbocycles. The van der Waals surface area contributed by atoms with Crippen molar-refractivity contribution < 1.29 is 9.13 Å². The fourth-order valence-corrected chi connectivity index (χ4v) is 1.96. The molecule has 1 saturated heterocycles. The van der Waals surface area contributed by atoms with Crippen LogP contribution in [0.25, 0.3) is 0 Å². The first-order chi connectivity index (χ1) is 9.22. The third-order valence-corrected chi connectivity index (χ3v) is 3.04. The Balaban J connectivity index is 1.91. The van der Waals surface area contributed by atoms with Gasteiger partial charge in [0, 0.05) is 19.6 Å². The first-order valence-corrected chi connectivity index (χ1v) is 6.30. The van der Waals surface area contributed by atoms with Gasteiger partial charge in [0.2, 0.25) is 5.95 Å². The van der Waals surface area contributed by atoms with Gasteiger partial charge in [-0.3, -0.25) is 10.3 Å². The predicted octanol–water partition coefficient (Wildman–Crippen LogP) is 0.0339. The van der Waals surface area contributed by atoms with Gasteiger partial charge in [0.05, 0.1) is 18.9 Å². The SMILES string of the molecule is CCN1CCOC(CNc2nc(NN)ncc2F)C1. The van der Waals surface area contributed by atoms with Gasteiger partial charge in [-0.1, -0.05) is 6.92 Å². The predicted molar refractivity (Wildman–Crippen MR) is 70.1 cm³/mol. The number of likely N-dealkylation sites (N-methyl/N-ethyl adjacent to an activating group) is 1. The van der Waals surface area contributed by atoms with Gasteiger partial charge in [-0.25, -0.2) is 15.2 Å². The van der Waals surface area contributed by atoms with E-state index in [4.69, 9.17) is 10.6 Å². The molecule has 0 aromatic carbocycles. The second kappa shape index (κ2) is 6.60. The third-order valence-electron chi connectivity index (χ3n) is 3.04. The van der Waals surface area contributed by atoms with Crippen molar-refractivity contribution in [1.82, 2.24) is 14.9 Å². The van der Waals surface area contributed by atoms with E-state index in [1.54, 1.807) is 0 Å². The van der Waals surface area contributed by atoms with E-state index in [9.17, 15) is 4.39 Å². The van der Waals surface area contributed by atoms with Crippen LogP contribution in [0.1, 0.15) is 6.92 Å². The van der Waals surface area contributed by atoms with E-state index < -0.39 is 5.82 Å². The van der Waals surface area contributed by atoms with E-state index in [1.807, 2.05) is 0 Å². The Kier molecular flexibility index (Phi) is 4.83. The molecule has 2 heterocycles. The minimum absolute atomic E-state index is 0.0253. The average molecular weight is 270 g/mol. The summed E-state index contributed by atoms with van der Waals surface area (Å²) in [6.07, 6.45) is 1.10. The lowest BCUT2D eigenvalue weighted by Crippen LogP contribution is -2.45. The summed E-state index contributed by atoms with van der Waals surface area (Å²) < 4.78 is 19.1. The smallest absolute Gasteiger partial charge is 0.239 e. The highest BCUT2D eigenvalue weighted by Crippen LogP contribution is 2.12. The number of ether oxygens (including phenoxy) is 1. The zero-order chi connectivity index (χ0) is 13.7. The first kappa shape index (κ1) is 13.9. The van der Waals surface area contributed by atoms with Crippen LogP contribution in [0.3, 0.4) is 0 Å². The summed E-state index contributed by atoms with van der Waals surface area (Å²) in [5.74, 6) is 4.97. The minimum atomic E-state index is -0.512. The molecule has 7 nitrogen and oxygen atoms in total. The number of anilines is 2. The Morgan fingerprint density at radius 2 is 2.47 bits per heavy atom. The molecular formula is C11H19FN6O. The van der Waals surface area contributed by atoms with Gasteiger partial charge in [-0.05, 0) is 6.54 Å². The molecule has 1 fully saturated rings. The van der Waals surface area contributed by atoms with Crippen LogP contribution in [-0.2, 0) is 4.74 Å². The maximum atomic E-state index is 13.5. The number of morpholine rings is 1. The van der Waals surface area contributed by atoms with Crippen LogP contribution < -0.4 is 16.6 Å². The average Bonchev–Trinajstić information content (AvgIpc) is 2.46. The van der Waals surface area contributed by atoms with Gasteiger partial charge in [0.1, 0.15) is 0 Å². The Morgan fingerprint density at radius 1 is 1.63 bits per heavy atom. The second-order valence-corrected chi connectivity index (χ2v) is 4.30. The quantitative estimate of drug-likeness (QED) is 0.514. The molecule has 1 aliphatic heterocycles. The normalized spacial score (nSPS) is 20.3. The van der Waals surface area contributed by atoms with Crippen molar-refractivity contribution in [2.24, 2.45) is 5.84 Å². The topological polar surface area (TPSA) is 88.3 Å². The molecule has 1 aromatic heterocycles. The van der Waals surface area contributed by atoms with Crippen LogP contribution in [0.5, 0.6) is 0 Å². The molecular weight excluding hydrogens is 251 g/mol. The molecule has 1 aliphatic rings. The number of hydrogen-bond acceptors (Lipinski definition) is 7. The summed E-state index contributed by atoms with van der Waals surface area (Å²) in [4.78, 5) is 9.88. The molecule has 0 aliphatic carbocycles. The number of rotatable bonds is 5. The number of nitrogens with zero attached hydrogens (tertiary/aromatic N) is 3. The van der Waals surface area contributed by atoms with Crippen molar-refractivity contribution in [3.05, 3.63) is 12.0 Å². The summed E-state index contributed by atoms with van der Waals surface area (Å²) in [6.45, 7) is 6.06. The zero-order valence-corrected chi connectivity index (χ0v) is 10.9. The van der Waals surface area contributed by atoms with E-state index in [-0.39, 0.29) is 17.9 Å². The first-order valence-electron chi connectivity index (χ1n) is 6.30. The maximum absolute atomic E-state index is 13.5. The van der Waals surface area contributed by atoms with Crippen LogP contribution in [0, 0.1) is 5.82 Å². The number of halogens is 1. The summed E-state index contributed by atoms with van der Waals surface area (Å²) >= 11 is 0. The van der Waals surface area contributed by atoms with Gasteiger partial charge >= 0.3 is 0 Å². The lowest BCUT2D eigenvalue weighted by atomic mass is 10.2. The van der Waals surface area contributed by atoms with Gasteiger partial charge in [-0.2, -0.15) is 4.98 Å². The summed E-state index contributed by atoms with van der Waals surface area (Å²) in [6, 6.07) is 0. The maximum Gasteiger partial charge on any atom is 0.239 e. The number of nitrogen functional groups attached to an aromatic ring is 1. The summed E-state index contributed by atoms with van der Waals surface area (Å²) in [7, 11) is 0. The number of nitrogens with two attached hydrogens (primary N) is 1. The van der Waals surface area contributed by atoms with Crippen LogP contribution in [0.15, 0.2) is 6.20 Å². The minimum Gasteiger partial charge on any atom is -0.374 e. The Bertz CT molecular complexity index is 418. The Morgan fingerprint density at radius 3 is 3.21 bits per heavy atom. The van der Waals surface area contributed by atoms with E-state index in [2.05, 4.69) is 32.5 Å². The van der Waals surface area contributed by atoms with Crippen molar-refractivity contribution in [1.29, 1.82) is 0 Å². The van der Waals surface area contributed by atoms with Crippen molar-refractivity contribution >= 4 is 11.8 Å². The standard InChI is InChI=1S/C11H19FN6O/c1-2-18-3-4-19-8(7-18)5-14-10-9(12)6-15-11(16-10)17-13/h6,8H,2-5,7,13H2,1H3,(H2,14,15,16,17). The third kappa shape index (κ3) is 3.72. The van der Waals surface area contributed by atoms with Crippen molar-refractivity contribution in [2.75, 3.05) is 43.5 Å². The van der Waals surface area contributed by atoms with E-state index in [0.717, 1.165) is 25.8 Å². The fourth-order valence-electron chi connectivity index (χ4n) is 1.96. The molecule has 1 atom stereocenters. The van der Waals surface area contributed by atoms with Crippen molar-refractivity contribution in [3.63, 3.8) is 0 Å². The highest BCUT2D eigenvalue weighted by Gasteiger charge is 2.19. The van der Waals surface area contributed by atoms with Crippen molar-refractivity contribution in [2.45, 2.75) is 13.0 Å². The lowest BCUT2D eigenvalue weighted by Gasteiger charge is -2.32. The van der Waals surface area contributed by atoms with Crippen LogP contribution in [0.4, 0.5) is 16.2 Å². The summed E-state index contributed by atoms with van der Waals surface area (Å²) in [5, 5.41) is 2.93. The van der Waals surface area contributed by atoms with Gasteiger partial charge in [-0.15, -0.1) is 0 Å². The Labute approximate surface area is 111 Å². The second-order valence-electron chi connectivity index (χ2n) is 4.30. The molecule has 0 bridgehead atoms. The molecule has 4 N–H and O–H groups in total. The van der Waals surface area contributed by atoms with E-state index in [1.165, 1.54) is 0 Å². The molecule has 106 valence electrons. The zero-order valence-electron chi connectivity index (χ0n) is 10.9. The van der Waals surface area contributed by atoms with Gasteiger partial charge < -0.3 is 10.1 Å². The molecule has 0 amide bonds. The van der Waals surface area contributed by atoms with E-state index >= 15 is 0 Å². The monoisotopic (exact) mass is 270 g/mol. The van der Waals surface area contributed by atoms with Crippen LogP contribution in [-0.4, -0.2) is 53.8 Å². The molecule has 1 aromatic rings. The van der Waals surface area contributed by atoms with Crippen LogP contribution >= 0.6 is 0 Å². The van der Waals surface area contributed by atoms with Gasteiger partial charge in [0.15, 0.2) is 11.6 Å².